The SMILES string of the molecule is CCCCCCCCCCCCOCCCNC(=O)CCCCCCC(C)CCCCC(C)CCCCCCC(=O)NCCCOCCCCCCCCCCCC. The van der Waals surface area contributed by atoms with Crippen LogP contribution in [-0.4, -0.2) is 51.3 Å². The molecule has 2 amide bonds. The summed E-state index contributed by atoms with van der Waals surface area (Å²) in [5.41, 5.74) is 0. The average Bonchev–Trinajstić information content (AvgIpc) is 3.22. The van der Waals surface area contributed by atoms with E-state index in [-0.39, 0.29) is 11.8 Å². The van der Waals surface area contributed by atoms with Gasteiger partial charge >= 0.3 is 0 Å². The van der Waals surface area contributed by atoms with E-state index in [1.54, 1.807) is 0 Å². The molecule has 0 bridgehead atoms. The van der Waals surface area contributed by atoms with Crippen LogP contribution in [-0.2, 0) is 19.1 Å². The summed E-state index contributed by atoms with van der Waals surface area (Å²) in [6, 6.07) is 0. The number of nitrogens with one attached hydrogen (secondary N) is 2. The molecule has 0 spiro atoms. The van der Waals surface area contributed by atoms with Crippen LogP contribution in [0.25, 0.3) is 0 Å². The largest absolute Gasteiger partial charge is 0.381 e. The number of carbonyl (C=O) groups excluding carboxylic acids is 2. The fraction of sp³-hybridized carbons (Fsp3) is 0.962. The van der Waals surface area contributed by atoms with Gasteiger partial charge in [0.05, 0.1) is 0 Å². The highest BCUT2D eigenvalue weighted by Gasteiger charge is 2.07. The van der Waals surface area contributed by atoms with Gasteiger partial charge in [0.1, 0.15) is 0 Å². The molecule has 0 aromatic heterocycles. The Balaban J connectivity index is 3.38. The number of carbonyl (C=O) groups is 2. The zero-order chi connectivity index (χ0) is 42.3. The Hall–Kier alpha value is -1.14. The van der Waals surface area contributed by atoms with Gasteiger partial charge in [-0.05, 0) is 50.4 Å². The fourth-order valence-corrected chi connectivity index (χ4v) is 8.11. The molecule has 6 nitrogen and oxygen atoms in total. The predicted molar refractivity (Wildman–Crippen MR) is 253 cm³/mol. The lowest BCUT2D eigenvalue weighted by atomic mass is 9.93. The number of hydrogen-bond donors (Lipinski definition) is 2. The molecule has 0 rings (SSSR count). The molecular weight excluding hydrogens is 717 g/mol. The number of hydrogen-bond acceptors (Lipinski definition) is 4. The molecule has 2 N–H and O–H groups in total. The van der Waals surface area contributed by atoms with Crippen LogP contribution in [0.1, 0.15) is 272 Å². The van der Waals surface area contributed by atoms with E-state index in [4.69, 9.17) is 9.47 Å². The van der Waals surface area contributed by atoms with Crippen molar-refractivity contribution >= 4 is 11.8 Å². The smallest absolute Gasteiger partial charge is 0.219 e. The van der Waals surface area contributed by atoms with Crippen molar-refractivity contribution < 1.29 is 19.1 Å². The molecule has 0 heterocycles. The quantitative estimate of drug-likeness (QED) is 0.0599. The van der Waals surface area contributed by atoms with Gasteiger partial charge in [0.15, 0.2) is 0 Å². The second-order valence-electron chi connectivity index (χ2n) is 18.4. The minimum absolute atomic E-state index is 0.207. The highest BCUT2D eigenvalue weighted by atomic mass is 16.5. The Morgan fingerprint density at radius 2 is 0.603 bits per heavy atom. The summed E-state index contributed by atoms with van der Waals surface area (Å²) in [5.74, 6) is 2.05. The molecule has 2 unspecified atom stereocenters. The van der Waals surface area contributed by atoms with Crippen LogP contribution >= 0.6 is 0 Å². The van der Waals surface area contributed by atoms with Crippen molar-refractivity contribution in [3.63, 3.8) is 0 Å². The van der Waals surface area contributed by atoms with Crippen molar-refractivity contribution in [3.05, 3.63) is 0 Å². The van der Waals surface area contributed by atoms with Gasteiger partial charge in [0.2, 0.25) is 11.8 Å². The van der Waals surface area contributed by atoms with E-state index in [0.717, 1.165) is 77.0 Å². The standard InChI is InChI=1S/C52H104N2O4/c1-5-7-9-11-13-15-17-19-25-33-45-57-47-35-43-53-51(55)41-29-23-21-27-37-49(3)39-31-32-40-50(4)38-28-22-24-30-42-52(56)54-44-36-48-58-46-34-26-20-18-16-14-12-10-8-6-2/h49-50H,5-48H2,1-4H3,(H,53,55)(H,54,56). The lowest BCUT2D eigenvalue weighted by Gasteiger charge is -2.14. The lowest BCUT2D eigenvalue weighted by molar-refractivity contribution is -0.122. The van der Waals surface area contributed by atoms with Crippen LogP contribution in [0, 0.1) is 11.8 Å². The molecule has 6 heteroatoms. The van der Waals surface area contributed by atoms with E-state index in [2.05, 4.69) is 38.3 Å². The lowest BCUT2D eigenvalue weighted by Crippen LogP contribution is -2.24. The minimum atomic E-state index is 0.207. The molecular formula is C52H104N2O4. The Morgan fingerprint density at radius 1 is 0.345 bits per heavy atom. The first-order valence-corrected chi connectivity index (χ1v) is 26.2. The van der Waals surface area contributed by atoms with Crippen LogP contribution < -0.4 is 10.6 Å². The Kier molecular flexibility index (Phi) is 47.6. The zero-order valence-corrected chi connectivity index (χ0v) is 39.9. The number of rotatable bonds is 49. The van der Waals surface area contributed by atoms with Gasteiger partial charge in [-0.3, -0.25) is 9.59 Å². The molecule has 0 saturated heterocycles. The molecule has 58 heavy (non-hydrogen) atoms. The predicted octanol–water partition coefficient (Wildman–Crippen LogP) is 15.4. The molecule has 0 aromatic carbocycles. The number of unbranched alkanes of at least 4 members (excludes halogenated alkanes) is 25. The van der Waals surface area contributed by atoms with Crippen LogP contribution in [0.3, 0.4) is 0 Å². The molecule has 0 radical (unpaired) electrons. The first-order chi connectivity index (χ1) is 28.5. The maximum absolute atomic E-state index is 12.2. The van der Waals surface area contributed by atoms with Crippen LogP contribution in [0.5, 0.6) is 0 Å². The van der Waals surface area contributed by atoms with Gasteiger partial charge in [-0.1, -0.05) is 220 Å². The van der Waals surface area contributed by atoms with Gasteiger partial charge in [-0.2, -0.15) is 0 Å². The summed E-state index contributed by atoms with van der Waals surface area (Å²) in [7, 11) is 0. The van der Waals surface area contributed by atoms with E-state index < -0.39 is 0 Å². The van der Waals surface area contributed by atoms with Gasteiger partial charge in [0.25, 0.3) is 0 Å². The summed E-state index contributed by atoms with van der Waals surface area (Å²) >= 11 is 0. The number of amides is 2. The van der Waals surface area contributed by atoms with Crippen molar-refractivity contribution in [3.8, 4) is 0 Å². The van der Waals surface area contributed by atoms with E-state index in [1.165, 1.54) is 205 Å². The first kappa shape index (κ1) is 56.9. The summed E-state index contributed by atoms with van der Waals surface area (Å²) < 4.78 is 11.5. The normalized spacial score (nSPS) is 12.6. The summed E-state index contributed by atoms with van der Waals surface area (Å²) in [6.07, 6.45) is 47.8. The first-order valence-electron chi connectivity index (χ1n) is 26.2. The topological polar surface area (TPSA) is 76.7 Å². The molecule has 0 aliphatic carbocycles. The van der Waals surface area contributed by atoms with Crippen molar-refractivity contribution in [1.82, 2.24) is 10.6 Å². The van der Waals surface area contributed by atoms with Crippen LogP contribution in [0.15, 0.2) is 0 Å². The average molecular weight is 821 g/mol. The monoisotopic (exact) mass is 821 g/mol. The Morgan fingerprint density at radius 3 is 0.948 bits per heavy atom. The van der Waals surface area contributed by atoms with Gasteiger partial charge in [0, 0.05) is 52.4 Å². The summed E-state index contributed by atoms with van der Waals surface area (Å²) in [6.45, 7) is 14.1. The Bertz CT molecular complexity index is 757. The van der Waals surface area contributed by atoms with E-state index in [9.17, 15) is 9.59 Å². The molecule has 346 valence electrons. The maximum Gasteiger partial charge on any atom is 0.219 e. The summed E-state index contributed by atoms with van der Waals surface area (Å²) in [4.78, 5) is 24.3. The van der Waals surface area contributed by atoms with Crippen molar-refractivity contribution in [2.45, 2.75) is 272 Å². The molecule has 0 aliphatic heterocycles. The fourth-order valence-electron chi connectivity index (χ4n) is 8.11. The third-order valence-electron chi connectivity index (χ3n) is 12.2. The van der Waals surface area contributed by atoms with Crippen molar-refractivity contribution in [2.75, 3.05) is 39.5 Å². The van der Waals surface area contributed by atoms with Crippen LogP contribution in [0.2, 0.25) is 0 Å². The van der Waals surface area contributed by atoms with Crippen molar-refractivity contribution in [2.24, 2.45) is 11.8 Å². The molecule has 0 aliphatic rings. The van der Waals surface area contributed by atoms with E-state index in [1.807, 2.05) is 0 Å². The maximum atomic E-state index is 12.2. The summed E-state index contributed by atoms with van der Waals surface area (Å²) in [5, 5.41) is 6.16. The Labute approximate surface area is 363 Å². The molecule has 2 atom stereocenters. The molecule has 0 saturated carbocycles. The second-order valence-corrected chi connectivity index (χ2v) is 18.4. The second kappa shape index (κ2) is 48.5. The third kappa shape index (κ3) is 47.5. The van der Waals surface area contributed by atoms with Gasteiger partial charge in [-0.25, -0.2) is 0 Å². The minimum Gasteiger partial charge on any atom is -0.381 e. The van der Waals surface area contributed by atoms with Crippen LogP contribution in [0.4, 0.5) is 0 Å². The van der Waals surface area contributed by atoms with E-state index >= 15 is 0 Å². The highest BCUT2D eigenvalue weighted by Crippen LogP contribution is 2.21. The molecule has 0 fully saturated rings. The van der Waals surface area contributed by atoms with Gasteiger partial charge < -0.3 is 20.1 Å². The van der Waals surface area contributed by atoms with Gasteiger partial charge in [-0.15, -0.1) is 0 Å². The molecule has 0 aromatic rings. The number of ether oxygens (including phenoxy) is 2. The van der Waals surface area contributed by atoms with E-state index in [0.29, 0.717) is 12.8 Å². The van der Waals surface area contributed by atoms with Crippen molar-refractivity contribution in [1.29, 1.82) is 0 Å². The third-order valence-corrected chi connectivity index (χ3v) is 12.2. The zero-order valence-electron chi connectivity index (χ0n) is 39.9. The highest BCUT2D eigenvalue weighted by molar-refractivity contribution is 5.76.